The van der Waals surface area contributed by atoms with Crippen LogP contribution in [-0.2, 0) is 0 Å². The van der Waals surface area contributed by atoms with Gasteiger partial charge in [0.25, 0.3) is 5.91 Å². The van der Waals surface area contributed by atoms with Crippen molar-refractivity contribution < 1.29 is 4.79 Å². The van der Waals surface area contributed by atoms with Gasteiger partial charge in [0.2, 0.25) is 0 Å². The Morgan fingerprint density at radius 3 is 2.65 bits per heavy atom. The Hall–Kier alpha value is -1.35. The third-order valence-corrected chi connectivity index (χ3v) is 2.88. The Kier molecular flexibility index (Phi) is 5.16. The van der Waals surface area contributed by atoms with Crippen LogP contribution < -0.4 is 11.1 Å². The van der Waals surface area contributed by atoms with Crippen LogP contribution >= 0.6 is 0 Å². The van der Waals surface area contributed by atoms with E-state index in [0.29, 0.717) is 6.54 Å². The van der Waals surface area contributed by atoms with Crippen LogP contribution in [0.4, 0.5) is 0 Å². The predicted molar refractivity (Wildman–Crippen MR) is 71.1 cm³/mol. The van der Waals surface area contributed by atoms with E-state index in [1.165, 1.54) is 5.56 Å². The first-order valence-electron chi connectivity index (χ1n) is 6.16. The number of rotatable bonds is 5. The lowest BCUT2D eigenvalue weighted by molar-refractivity contribution is 0.0935. The van der Waals surface area contributed by atoms with Crippen LogP contribution in [0.25, 0.3) is 0 Å². The zero-order valence-corrected chi connectivity index (χ0v) is 10.9. The number of amides is 1. The monoisotopic (exact) mass is 234 g/mol. The van der Waals surface area contributed by atoms with Gasteiger partial charge in [0.15, 0.2) is 0 Å². The molecule has 94 valence electrons. The highest BCUT2D eigenvalue weighted by Gasteiger charge is 2.13. The van der Waals surface area contributed by atoms with Gasteiger partial charge in [-0.25, -0.2) is 0 Å². The van der Waals surface area contributed by atoms with E-state index < -0.39 is 0 Å². The number of hydrogen-bond acceptors (Lipinski definition) is 2. The van der Waals surface area contributed by atoms with Crippen molar-refractivity contribution in [3.63, 3.8) is 0 Å². The largest absolute Gasteiger partial charge is 0.348 e. The molecule has 3 nitrogen and oxygen atoms in total. The molecule has 1 atom stereocenters. The lowest BCUT2D eigenvalue weighted by Gasteiger charge is -2.16. The Labute approximate surface area is 103 Å². The second kappa shape index (κ2) is 6.40. The SMILES string of the molecule is CCCC(CN)NC(=O)c1ccc(C)cc1C. The molecule has 1 aromatic rings. The molecule has 1 amide bonds. The van der Waals surface area contributed by atoms with E-state index in [2.05, 4.69) is 12.2 Å². The van der Waals surface area contributed by atoms with Crippen molar-refractivity contribution in [2.45, 2.75) is 39.7 Å². The van der Waals surface area contributed by atoms with Crippen molar-refractivity contribution in [2.24, 2.45) is 5.73 Å². The molecule has 0 aliphatic heterocycles. The van der Waals surface area contributed by atoms with Crippen molar-refractivity contribution in [1.29, 1.82) is 0 Å². The first-order chi connectivity index (χ1) is 8.08. The Morgan fingerprint density at radius 1 is 1.41 bits per heavy atom. The second-order valence-corrected chi connectivity index (χ2v) is 4.51. The van der Waals surface area contributed by atoms with Crippen LogP contribution in [0.2, 0.25) is 0 Å². The highest BCUT2D eigenvalue weighted by atomic mass is 16.1. The molecule has 1 unspecified atom stereocenters. The summed E-state index contributed by atoms with van der Waals surface area (Å²) in [6.45, 7) is 6.56. The number of nitrogens with one attached hydrogen (secondary N) is 1. The summed E-state index contributed by atoms with van der Waals surface area (Å²) >= 11 is 0. The quantitative estimate of drug-likeness (QED) is 0.820. The van der Waals surface area contributed by atoms with Crippen LogP contribution in [0.1, 0.15) is 41.3 Å². The minimum Gasteiger partial charge on any atom is -0.348 e. The van der Waals surface area contributed by atoms with Crippen molar-refractivity contribution in [2.75, 3.05) is 6.54 Å². The van der Waals surface area contributed by atoms with Gasteiger partial charge < -0.3 is 11.1 Å². The summed E-state index contributed by atoms with van der Waals surface area (Å²) in [6, 6.07) is 5.93. The Balaban J connectivity index is 2.75. The molecule has 0 radical (unpaired) electrons. The maximum absolute atomic E-state index is 12.1. The van der Waals surface area contributed by atoms with E-state index in [0.717, 1.165) is 24.0 Å². The summed E-state index contributed by atoms with van der Waals surface area (Å²) in [5.74, 6) is -0.0219. The van der Waals surface area contributed by atoms with Gasteiger partial charge in [-0.15, -0.1) is 0 Å². The molecule has 3 heteroatoms. The van der Waals surface area contributed by atoms with Crippen LogP contribution in [-0.4, -0.2) is 18.5 Å². The molecule has 1 aromatic carbocycles. The molecule has 0 aromatic heterocycles. The zero-order chi connectivity index (χ0) is 12.8. The normalized spacial score (nSPS) is 12.2. The molecule has 0 bridgehead atoms. The average molecular weight is 234 g/mol. The lowest BCUT2D eigenvalue weighted by atomic mass is 10.0. The van der Waals surface area contributed by atoms with Gasteiger partial charge in [0.05, 0.1) is 0 Å². The van der Waals surface area contributed by atoms with E-state index in [1.54, 1.807) is 0 Å². The average Bonchev–Trinajstić information content (AvgIpc) is 2.28. The third kappa shape index (κ3) is 3.86. The molecule has 0 fully saturated rings. The molecule has 1 rings (SSSR count). The maximum atomic E-state index is 12.1. The zero-order valence-electron chi connectivity index (χ0n) is 10.9. The lowest BCUT2D eigenvalue weighted by Crippen LogP contribution is -2.40. The molecule has 0 spiro atoms. The predicted octanol–water partition coefficient (Wildman–Crippen LogP) is 2.16. The van der Waals surface area contributed by atoms with E-state index in [1.807, 2.05) is 32.0 Å². The molecule has 0 heterocycles. The van der Waals surface area contributed by atoms with Gasteiger partial charge in [0, 0.05) is 18.2 Å². The summed E-state index contributed by atoms with van der Waals surface area (Å²) in [6.07, 6.45) is 1.95. The van der Waals surface area contributed by atoms with Crippen LogP contribution in [0.15, 0.2) is 18.2 Å². The molecule has 3 N–H and O–H groups in total. The molecule has 0 saturated carbocycles. The number of carbonyl (C=O) groups excluding carboxylic acids is 1. The fourth-order valence-electron chi connectivity index (χ4n) is 1.93. The van der Waals surface area contributed by atoms with Gasteiger partial charge in [-0.05, 0) is 31.9 Å². The van der Waals surface area contributed by atoms with Gasteiger partial charge >= 0.3 is 0 Å². The standard InChI is InChI=1S/C14H22N2O/c1-4-5-12(9-15)16-14(17)13-7-6-10(2)8-11(13)3/h6-8,12H,4-5,9,15H2,1-3H3,(H,16,17). The van der Waals surface area contributed by atoms with Crippen molar-refractivity contribution in [3.8, 4) is 0 Å². The van der Waals surface area contributed by atoms with Crippen LogP contribution in [0.5, 0.6) is 0 Å². The van der Waals surface area contributed by atoms with Crippen molar-refractivity contribution in [3.05, 3.63) is 34.9 Å². The van der Waals surface area contributed by atoms with E-state index in [-0.39, 0.29) is 11.9 Å². The summed E-state index contributed by atoms with van der Waals surface area (Å²) in [4.78, 5) is 12.1. The molecule has 0 saturated heterocycles. The van der Waals surface area contributed by atoms with E-state index >= 15 is 0 Å². The molecule has 17 heavy (non-hydrogen) atoms. The minimum absolute atomic E-state index is 0.0219. The third-order valence-electron chi connectivity index (χ3n) is 2.88. The smallest absolute Gasteiger partial charge is 0.251 e. The van der Waals surface area contributed by atoms with Gasteiger partial charge in [-0.2, -0.15) is 0 Å². The summed E-state index contributed by atoms with van der Waals surface area (Å²) in [5, 5.41) is 2.98. The number of carbonyl (C=O) groups is 1. The van der Waals surface area contributed by atoms with Gasteiger partial charge in [-0.1, -0.05) is 31.0 Å². The number of hydrogen-bond donors (Lipinski definition) is 2. The highest BCUT2D eigenvalue weighted by molar-refractivity contribution is 5.95. The van der Waals surface area contributed by atoms with Gasteiger partial charge in [-0.3, -0.25) is 4.79 Å². The Morgan fingerprint density at radius 2 is 2.12 bits per heavy atom. The summed E-state index contributed by atoms with van der Waals surface area (Å²) in [5.41, 5.74) is 8.55. The topological polar surface area (TPSA) is 55.1 Å². The minimum atomic E-state index is -0.0219. The fraction of sp³-hybridized carbons (Fsp3) is 0.500. The molecular weight excluding hydrogens is 212 g/mol. The van der Waals surface area contributed by atoms with Crippen LogP contribution in [0, 0.1) is 13.8 Å². The van der Waals surface area contributed by atoms with Crippen molar-refractivity contribution >= 4 is 5.91 Å². The molecule has 0 aliphatic carbocycles. The highest BCUT2D eigenvalue weighted by Crippen LogP contribution is 2.11. The van der Waals surface area contributed by atoms with Crippen LogP contribution in [0.3, 0.4) is 0 Å². The first-order valence-corrected chi connectivity index (χ1v) is 6.16. The second-order valence-electron chi connectivity index (χ2n) is 4.51. The maximum Gasteiger partial charge on any atom is 0.251 e. The number of aryl methyl sites for hydroxylation is 2. The van der Waals surface area contributed by atoms with Gasteiger partial charge in [0.1, 0.15) is 0 Å². The first kappa shape index (κ1) is 13.7. The molecular formula is C14H22N2O. The van der Waals surface area contributed by atoms with E-state index in [9.17, 15) is 4.79 Å². The van der Waals surface area contributed by atoms with Crippen molar-refractivity contribution in [1.82, 2.24) is 5.32 Å². The summed E-state index contributed by atoms with van der Waals surface area (Å²) in [7, 11) is 0. The fourth-order valence-corrected chi connectivity index (χ4v) is 1.93. The molecule has 0 aliphatic rings. The van der Waals surface area contributed by atoms with E-state index in [4.69, 9.17) is 5.73 Å². The Bertz CT molecular complexity index is 388. The number of nitrogens with two attached hydrogens (primary N) is 1. The summed E-state index contributed by atoms with van der Waals surface area (Å²) < 4.78 is 0. The number of benzene rings is 1.